The maximum Gasteiger partial charge on any atom is 0.407 e. The van der Waals surface area contributed by atoms with Crippen LogP contribution < -0.4 is 4.74 Å². The topological polar surface area (TPSA) is 107 Å². The number of benzene rings is 1. The molecule has 4 heterocycles. The summed E-state index contributed by atoms with van der Waals surface area (Å²) in [4.78, 5) is 22.4. The lowest BCUT2D eigenvalue weighted by atomic mass is 9.80. The van der Waals surface area contributed by atoms with Crippen LogP contribution in [0.3, 0.4) is 0 Å². The van der Waals surface area contributed by atoms with Gasteiger partial charge in [0.15, 0.2) is 5.82 Å². The summed E-state index contributed by atoms with van der Waals surface area (Å²) in [6.07, 6.45) is 4.11. The second-order valence-electron chi connectivity index (χ2n) is 11.0. The molecule has 9 heteroatoms. The Morgan fingerprint density at radius 1 is 1.19 bits per heavy atom. The second-order valence-corrected chi connectivity index (χ2v) is 11.0. The summed E-state index contributed by atoms with van der Waals surface area (Å²) in [7, 11) is 0. The van der Waals surface area contributed by atoms with E-state index in [9.17, 15) is 9.90 Å². The first-order valence-corrected chi connectivity index (χ1v) is 12.7. The number of carboxylic acid groups (broad SMARTS) is 1. The van der Waals surface area contributed by atoms with Crippen molar-refractivity contribution in [1.82, 2.24) is 24.6 Å². The Bertz CT molecular complexity index is 1400. The molecule has 37 heavy (non-hydrogen) atoms. The van der Waals surface area contributed by atoms with Crippen LogP contribution in [0.5, 0.6) is 5.75 Å². The zero-order chi connectivity index (χ0) is 26.3. The van der Waals surface area contributed by atoms with Crippen LogP contribution in [0.15, 0.2) is 53.3 Å². The number of rotatable bonds is 5. The molecule has 3 aromatic heterocycles. The fourth-order valence-corrected chi connectivity index (χ4v) is 4.93. The lowest BCUT2D eigenvalue weighted by molar-refractivity contribution is 0.0129. The molecule has 0 aliphatic carbocycles. The van der Waals surface area contributed by atoms with Crippen LogP contribution >= 0.6 is 0 Å². The minimum Gasteiger partial charge on any atom is -0.489 e. The highest BCUT2D eigenvalue weighted by atomic mass is 16.5. The smallest absolute Gasteiger partial charge is 0.407 e. The van der Waals surface area contributed by atoms with Gasteiger partial charge in [-0.15, -0.1) is 0 Å². The van der Waals surface area contributed by atoms with Crippen LogP contribution in [0.2, 0.25) is 0 Å². The number of nitrogens with zero attached hydrogens (tertiary/aromatic N) is 5. The van der Waals surface area contributed by atoms with Crippen LogP contribution in [0, 0.1) is 5.41 Å². The van der Waals surface area contributed by atoms with Crippen LogP contribution in [0.25, 0.3) is 28.2 Å². The maximum atomic E-state index is 11.7. The van der Waals surface area contributed by atoms with E-state index in [1.807, 2.05) is 61.0 Å². The highest BCUT2D eigenvalue weighted by Gasteiger charge is 2.39. The fraction of sp³-hybridized carbons (Fsp3) is 0.429. The van der Waals surface area contributed by atoms with Crippen LogP contribution in [-0.4, -0.2) is 54.5 Å². The third kappa shape index (κ3) is 5.03. The molecule has 0 spiro atoms. The van der Waals surface area contributed by atoms with Gasteiger partial charge in [-0.2, -0.15) is 4.98 Å². The van der Waals surface area contributed by atoms with Gasteiger partial charge in [-0.1, -0.05) is 39.8 Å². The van der Waals surface area contributed by atoms with Crippen molar-refractivity contribution in [3.63, 3.8) is 0 Å². The van der Waals surface area contributed by atoms with Crippen molar-refractivity contribution in [3.8, 4) is 23.0 Å². The summed E-state index contributed by atoms with van der Waals surface area (Å²) < 4.78 is 13.7. The van der Waals surface area contributed by atoms with Crippen LogP contribution in [0.4, 0.5) is 4.79 Å². The largest absolute Gasteiger partial charge is 0.489 e. The number of likely N-dealkylation sites (tertiary alicyclic amines) is 1. The normalized spacial score (nSPS) is 18.5. The standard InChI is InChI=1S/C28H33N5O4/c1-17(2)25-30-26(37-31-25)19-6-8-22-18(14-19)10-12-32(22)24-9-7-21(16-29-24)36-20-11-13-33(27(34)35)23(15-20)28(3,4)5/h6-10,12,14,16-17,20,23H,11,13,15H2,1-5H3,(H,34,35). The van der Waals surface area contributed by atoms with Gasteiger partial charge >= 0.3 is 6.09 Å². The summed E-state index contributed by atoms with van der Waals surface area (Å²) in [6, 6.07) is 11.8. The Kier molecular flexibility index (Phi) is 6.39. The number of hydrogen-bond donors (Lipinski definition) is 1. The molecule has 1 amide bonds. The quantitative estimate of drug-likeness (QED) is 0.349. The average Bonchev–Trinajstić information content (AvgIpc) is 3.51. The van der Waals surface area contributed by atoms with Gasteiger partial charge in [0.25, 0.3) is 5.89 Å². The van der Waals surface area contributed by atoms with Gasteiger partial charge in [-0.05, 0) is 41.8 Å². The first-order valence-electron chi connectivity index (χ1n) is 12.7. The van der Waals surface area contributed by atoms with Crippen LogP contribution in [-0.2, 0) is 0 Å². The summed E-state index contributed by atoms with van der Waals surface area (Å²) in [5.41, 5.74) is 1.73. The van der Waals surface area contributed by atoms with E-state index in [0.717, 1.165) is 22.3 Å². The molecular formula is C28H33N5O4. The highest BCUT2D eigenvalue weighted by Crippen LogP contribution is 2.34. The van der Waals surface area contributed by atoms with Gasteiger partial charge in [0.1, 0.15) is 17.7 Å². The van der Waals surface area contributed by atoms with Gasteiger partial charge < -0.3 is 23.8 Å². The third-order valence-corrected chi connectivity index (χ3v) is 6.97. The molecule has 1 aliphatic heterocycles. The van der Waals surface area contributed by atoms with E-state index in [2.05, 4.69) is 35.9 Å². The fourth-order valence-electron chi connectivity index (χ4n) is 4.93. The van der Waals surface area contributed by atoms with Gasteiger partial charge in [0.2, 0.25) is 0 Å². The number of carbonyl (C=O) groups is 1. The van der Waals surface area contributed by atoms with Crippen molar-refractivity contribution in [2.24, 2.45) is 5.41 Å². The number of amides is 1. The SMILES string of the molecule is CC(C)c1noc(-c2ccc3c(ccn3-c3ccc(OC4CCN(C(=O)O)C(C(C)(C)C)C4)cn3)c2)n1. The molecule has 1 aromatic carbocycles. The summed E-state index contributed by atoms with van der Waals surface area (Å²) >= 11 is 0. The summed E-state index contributed by atoms with van der Waals surface area (Å²) in [6.45, 7) is 10.7. The molecule has 1 fully saturated rings. The van der Waals surface area contributed by atoms with E-state index < -0.39 is 6.09 Å². The highest BCUT2D eigenvalue weighted by molar-refractivity contribution is 5.85. The number of aromatic nitrogens is 4. The Morgan fingerprint density at radius 3 is 2.65 bits per heavy atom. The van der Waals surface area contributed by atoms with E-state index in [1.165, 1.54) is 0 Å². The molecule has 0 saturated carbocycles. The molecule has 194 valence electrons. The minimum absolute atomic E-state index is 0.0563. The minimum atomic E-state index is -0.868. The Balaban J connectivity index is 1.31. The number of hydrogen-bond acceptors (Lipinski definition) is 6. The molecule has 0 radical (unpaired) electrons. The Hall–Kier alpha value is -3.88. The van der Waals surface area contributed by atoms with Gasteiger partial charge in [-0.25, -0.2) is 9.78 Å². The lowest BCUT2D eigenvalue weighted by Gasteiger charge is -2.44. The molecule has 1 aliphatic rings. The predicted molar refractivity (Wildman–Crippen MR) is 140 cm³/mol. The molecular weight excluding hydrogens is 470 g/mol. The van der Waals surface area contributed by atoms with E-state index in [4.69, 9.17) is 9.26 Å². The van der Waals surface area contributed by atoms with Gasteiger partial charge in [0, 0.05) is 48.5 Å². The number of ether oxygens (including phenoxy) is 1. The zero-order valence-electron chi connectivity index (χ0n) is 21.9. The second kappa shape index (κ2) is 9.53. The zero-order valence-corrected chi connectivity index (χ0v) is 21.9. The van der Waals surface area contributed by atoms with Crippen LogP contribution in [0.1, 0.15) is 59.2 Å². The van der Waals surface area contributed by atoms with E-state index >= 15 is 0 Å². The molecule has 1 saturated heterocycles. The third-order valence-electron chi connectivity index (χ3n) is 6.97. The van der Waals surface area contributed by atoms with Crippen molar-refractivity contribution < 1.29 is 19.2 Å². The first-order chi connectivity index (χ1) is 17.6. The average molecular weight is 504 g/mol. The summed E-state index contributed by atoms with van der Waals surface area (Å²) in [5, 5.41) is 14.7. The van der Waals surface area contributed by atoms with Gasteiger partial charge in [-0.3, -0.25) is 0 Å². The van der Waals surface area contributed by atoms with Crippen molar-refractivity contribution in [2.75, 3.05) is 6.54 Å². The number of fused-ring (bicyclic) bond motifs is 1. The van der Waals surface area contributed by atoms with E-state index in [0.29, 0.717) is 36.9 Å². The molecule has 2 unspecified atom stereocenters. The summed E-state index contributed by atoms with van der Waals surface area (Å²) in [5.74, 6) is 2.88. The molecule has 1 N–H and O–H groups in total. The van der Waals surface area contributed by atoms with Gasteiger partial charge in [0.05, 0.1) is 11.7 Å². The van der Waals surface area contributed by atoms with Crippen molar-refractivity contribution in [3.05, 3.63) is 54.6 Å². The molecule has 2 atom stereocenters. The van der Waals surface area contributed by atoms with E-state index in [-0.39, 0.29) is 23.5 Å². The molecule has 9 nitrogen and oxygen atoms in total. The monoisotopic (exact) mass is 503 g/mol. The van der Waals surface area contributed by atoms with E-state index in [1.54, 1.807) is 11.1 Å². The molecule has 4 aromatic rings. The first kappa shape index (κ1) is 24.8. The molecule has 5 rings (SSSR count). The lowest BCUT2D eigenvalue weighted by Crippen LogP contribution is -2.53. The van der Waals surface area contributed by atoms with Crippen molar-refractivity contribution in [1.29, 1.82) is 0 Å². The predicted octanol–water partition coefficient (Wildman–Crippen LogP) is 6.13. The Labute approximate surface area is 216 Å². The number of pyridine rings is 1. The molecule has 0 bridgehead atoms. The van der Waals surface area contributed by atoms with Crippen molar-refractivity contribution >= 4 is 17.0 Å². The maximum absolute atomic E-state index is 11.7. The van der Waals surface area contributed by atoms with Crippen molar-refractivity contribution in [2.45, 2.75) is 65.5 Å². The number of piperidine rings is 1. The Morgan fingerprint density at radius 2 is 2.00 bits per heavy atom.